The Bertz CT molecular complexity index is 1070. The number of halogens is 2. The molecule has 0 saturated heterocycles. The SMILES string of the molecule is C=CCC.CC.CC(=O)c1cn(C)c2c(F)cc(C)cc2c1=O.CCc1ccc(Cl)cc1. The highest BCUT2D eigenvalue weighted by Gasteiger charge is 2.14. The maximum absolute atomic E-state index is 13.8. The van der Waals surface area contributed by atoms with Crippen molar-refractivity contribution in [2.75, 3.05) is 0 Å². The fraction of sp³-hybridized carbons (Fsp3) is 0.333. The first-order valence-corrected chi connectivity index (χ1v) is 11.2. The van der Waals surface area contributed by atoms with E-state index in [1.165, 1.54) is 29.3 Å². The third-order valence-corrected chi connectivity index (χ3v) is 4.61. The third-order valence-electron chi connectivity index (χ3n) is 4.36. The van der Waals surface area contributed by atoms with Crippen LogP contribution in [0, 0.1) is 12.7 Å². The number of rotatable bonds is 3. The molecule has 0 amide bonds. The van der Waals surface area contributed by atoms with Crippen LogP contribution in [0.5, 0.6) is 0 Å². The van der Waals surface area contributed by atoms with E-state index in [1.807, 2.05) is 44.2 Å². The number of Topliss-reactive ketones (excluding diaryl/α,β-unsaturated/α-hetero) is 1. The summed E-state index contributed by atoms with van der Waals surface area (Å²) in [4.78, 5) is 23.4. The molecule has 0 N–H and O–H groups in total. The minimum atomic E-state index is -0.449. The summed E-state index contributed by atoms with van der Waals surface area (Å²) in [5.41, 5.74) is 1.90. The van der Waals surface area contributed by atoms with Gasteiger partial charge in [-0.25, -0.2) is 4.39 Å². The van der Waals surface area contributed by atoms with Gasteiger partial charge in [0.15, 0.2) is 11.2 Å². The Kier molecular flexibility index (Phi) is 13.9. The first-order chi connectivity index (χ1) is 15.2. The summed E-state index contributed by atoms with van der Waals surface area (Å²) in [6.45, 7) is 14.7. The van der Waals surface area contributed by atoms with Gasteiger partial charge in [0.25, 0.3) is 0 Å². The number of benzene rings is 2. The van der Waals surface area contributed by atoms with Crippen molar-refractivity contribution in [2.45, 2.75) is 54.4 Å². The molecule has 174 valence electrons. The number of pyridine rings is 1. The summed E-state index contributed by atoms with van der Waals surface area (Å²) < 4.78 is 15.3. The van der Waals surface area contributed by atoms with Gasteiger partial charge < -0.3 is 4.57 Å². The second-order valence-electron chi connectivity index (χ2n) is 6.86. The van der Waals surface area contributed by atoms with Crippen LogP contribution in [-0.2, 0) is 13.5 Å². The molecule has 0 saturated carbocycles. The van der Waals surface area contributed by atoms with Crippen LogP contribution >= 0.6 is 11.6 Å². The first kappa shape index (κ1) is 29.3. The van der Waals surface area contributed by atoms with Gasteiger partial charge in [0.05, 0.1) is 11.1 Å². The molecular formula is C27H35ClFNO2. The number of hydrogen-bond acceptors (Lipinski definition) is 2. The first-order valence-electron chi connectivity index (χ1n) is 10.8. The zero-order chi connectivity index (χ0) is 24.8. The summed E-state index contributed by atoms with van der Waals surface area (Å²) in [5, 5.41) is 1.06. The number of aryl methyl sites for hydroxylation is 3. The second-order valence-corrected chi connectivity index (χ2v) is 7.30. The van der Waals surface area contributed by atoms with Crippen LogP contribution in [0.4, 0.5) is 4.39 Å². The number of carbonyl (C=O) groups excluding carboxylic acids is 1. The molecule has 5 heteroatoms. The molecule has 0 bridgehead atoms. The number of allylic oxidation sites excluding steroid dienone is 1. The van der Waals surface area contributed by atoms with E-state index >= 15 is 0 Å². The molecule has 3 nitrogen and oxygen atoms in total. The molecular weight excluding hydrogens is 425 g/mol. The van der Waals surface area contributed by atoms with Crippen LogP contribution in [0.25, 0.3) is 10.9 Å². The fourth-order valence-electron chi connectivity index (χ4n) is 2.70. The van der Waals surface area contributed by atoms with E-state index in [1.54, 1.807) is 20.0 Å². The molecule has 0 aliphatic carbocycles. The lowest BCUT2D eigenvalue weighted by Crippen LogP contribution is -2.17. The van der Waals surface area contributed by atoms with Gasteiger partial charge in [-0.2, -0.15) is 0 Å². The highest BCUT2D eigenvalue weighted by molar-refractivity contribution is 6.30. The van der Waals surface area contributed by atoms with Crippen molar-refractivity contribution >= 4 is 28.3 Å². The molecule has 0 atom stereocenters. The number of fused-ring (bicyclic) bond motifs is 1. The average Bonchev–Trinajstić information content (AvgIpc) is 2.78. The van der Waals surface area contributed by atoms with Crippen molar-refractivity contribution in [2.24, 2.45) is 7.05 Å². The number of carbonyl (C=O) groups is 1. The van der Waals surface area contributed by atoms with Crippen LogP contribution in [0.3, 0.4) is 0 Å². The van der Waals surface area contributed by atoms with Crippen LogP contribution in [0.15, 0.2) is 60.0 Å². The summed E-state index contributed by atoms with van der Waals surface area (Å²) >= 11 is 5.67. The van der Waals surface area contributed by atoms with Gasteiger partial charge in [0, 0.05) is 23.7 Å². The van der Waals surface area contributed by atoms with E-state index in [9.17, 15) is 14.0 Å². The normalized spacial score (nSPS) is 9.41. The van der Waals surface area contributed by atoms with Crippen molar-refractivity contribution in [3.05, 3.63) is 93.0 Å². The molecule has 0 aliphatic rings. The van der Waals surface area contributed by atoms with Gasteiger partial charge in [-0.05, 0) is 62.1 Å². The van der Waals surface area contributed by atoms with Crippen molar-refractivity contribution in [1.29, 1.82) is 0 Å². The minimum absolute atomic E-state index is 0.0880. The van der Waals surface area contributed by atoms with Crippen molar-refractivity contribution in [1.82, 2.24) is 4.57 Å². The lowest BCUT2D eigenvalue weighted by molar-refractivity contribution is 0.101. The molecule has 0 spiro atoms. The smallest absolute Gasteiger partial charge is 0.200 e. The van der Waals surface area contributed by atoms with Crippen molar-refractivity contribution in [3.8, 4) is 0 Å². The minimum Gasteiger partial charge on any atom is -0.347 e. The summed E-state index contributed by atoms with van der Waals surface area (Å²) in [7, 11) is 1.62. The molecule has 2 aromatic carbocycles. The van der Waals surface area contributed by atoms with E-state index in [2.05, 4.69) is 20.4 Å². The Balaban J connectivity index is 0.000000537. The second kappa shape index (κ2) is 15.1. The van der Waals surface area contributed by atoms with E-state index in [0.29, 0.717) is 5.56 Å². The Morgan fingerprint density at radius 3 is 2.12 bits per heavy atom. The maximum Gasteiger partial charge on any atom is 0.200 e. The van der Waals surface area contributed by atoms with E-state index in [4.69, 9.17) is 11.6 Å². The lowest BCUT2D eigenvalue weighted by atomic mass is 10.1. The standard InChI is InChI=1S/C13H12FNO2.C8H9Cl.C4H8.C2H6/c1-7-4-9-12(11(14)5-7)15(3)6-10(8(2)16)13(9)17;1-2-7-3-5-8(9)6-4-7;1-3-4-2;1-2/h4-6H,1-3H3;3-6H,2H2,1H3;3H,1,4H2,2H3;1-2H3. The van der Waals surface area contributed by atoms with Gasteiger partial charge in [-0.1, -0.05) is 57.5 Å². The Morgan fingerprint density at radius 1 is 1.16 bits per heavy atom. The molecule has 1 heterocycles. The number of ketones is 1. The van der Waals surface area contributed by atoms with Gasteiger partial charge in [0.1, 0.15) is 5.82 Å². The zero-order valence-electron chi connectivity index (χ0n) is 20.3. The Labute approximate surface area is 196 Å². The Morgan fingerprint density at radius 2 is 1.69 bits per heavy atom. The zero-order valence-corrected chi connectivity index (χ0v) is 21.0. The molecule has 0 aliphatic heterocycles. The van der Waals surface area contributed by atoms with Crippen LogP contribution < -0.4 is 5.43 Å². The van der Waals surface area contributed by atoms with Crippen LogP contribution in [0.2, 0.25) is 5.02 Å². The number of hydrogen-bond donors (Lipinski definition) is 0. The number of aromatic nitrogens is 1. The molecule has 0 radical (unpaired) electrons. The van der Waals surface area contributed by atoms with Gasteiger partial charge in [-0.3, -0.25) is 9.59 Å². The predicted molar refractivity (Wildman–Crippen MR) is 137 cm³/mol. The summed E-state index contributed by atoms with van der Waals surface area (Å²) in [6.07, 6.45) is 5.42. The average molecular weight is 460 g/mol. The highest BCUT2D eigenvalue weighted by Crippen LogP contribution is 2.17. The molecule has 32 heavy (non-hydrogen) atoms. The van der Waals surface area contributed by atoms with Crippen LogP contribution in [-0.4, -0.2) is 10.4 Å². The molecule has 1 aromatic heterocycles. The molecule has 3 aromatic rings. The predicted octanol–water partition coefficient (Wildman–Crippen LogP) is 7.70. The van der Waals surface area contributed by atoms with Crippen molar-refractivity contribution in [3.63, 3.8) is 0 Å². The van der Waals surface area contributed by atoms with E-state index in [-0.39, 0.29) is 22.2 Å². The maximum atomic E-state index is 13.8. The summed E-state index contributed by atoms with van der Waals surface area (Å²) in [6, 6.07) is 10.9. The molecule has 0 unspecified atom stereocenters. The van der Waals surface area contributed by atoms with Crippen LogP contribution in [0.1, 0.15) is 62.5 Å². The van der Waals surface area contributed by atoms with E-state index < -0.39 is 11.2 Å². The van der Waals surface area contributed by atoms with E-state index in [0.717, 1.165) is 17.9 Å². The molecule has 0 fully saturated rings. The topological polar surface area (TPSA) is 39.1 Å². The summed E-state index contributed by atoms with van der Waals surface area (Å²) in [5.74, 6) is -0.760. The van der Waals surface area contributed by atoms with Gasteiger partial charge >= 0.3 is 0 Å². The number of nitrogens with zero attached hydrogens (tertiary/aromatic N) is 1. The van der Waals surface area contributed by atoms with Gasteiger partial charge in [-0.15, -0.1) is 6.58 Å². The molecule has 3 rings (SSSR count). The van der Waals surface area contributed by atoms with Crippen molar-refractivity contribution < 1.29 is 9.18 Å². The Hall–Kier alpha value is -2.72. The monoisotopic (exact) mass is 459 g/mol. The largest absolute Gasteiger partial charge is 0.347 e. The lowest BCUT2D eigenvalue weighted by Gasteiger charge is -2.09. The van der Waals surface area contributed by atoms with Gasteiger partial charge in [0.2, 0.25) is 0 Å². The fourth-order valence-corrected chi connectivity index (χ4v) is 2.82. The highest BCUT2D eigenvalue weighted by atomic mass is 35.5. The quantitative estimate of drug-likeness (QED) is 0.297. The third kappa shape index (κ3) is 8.80.